The standard InChI is InChI=1S/C17H20N2O4.ClH/c1-22-14-4-2-12(3-5-14)15-10-18-16(23-15)11-19-8-6-13(7-9-19)17(20)21;/h2-5,10,13H,6-9,11H2,1H3,(H,20,21);1H. The lowest BCUT2D eigenvalue weighted by Gasteiger charge is -2.28. The van der Waals surface area contributed by atoms with E-state index in [1.807, 2.05) is 24.3 Å². The molecule has 24 heavy (non-hydrogen) atoms. The Labute approximate surface area is 146 Å². The summed E-state index contributed by atoms with van der Waals surface area (Å²) in [7, 11) is 1.63. The third-order valence-electron chi connectivity index (χ3n) is 4.22. The minimum Gasteiger partial charge on any atom is -0.497 e. The predicted octanol–water partition coefficient (Wildman–Crippen LogP) is 3.07. The van der Waals surface area contributed by atoms with Crippen molar-refractivity contribution in [1.29, 1.82) is 0 Å². The van der Waals surface area contributed by atoms with Gasteiger partial charge in [0.25, 0.3) is 0 Å². The second-order valence-electron chi connectivity index (χ2n) is 5.74. The molecule has 0 radical (unpaired) electrons. The molecule has 1 aliphatic heterocycles. The van der Waals surface area contributed by atoms with E-state index < -0.39 is 5.97 Å². The number of ether oxygens (including phenoxy) is 1. The number of aromatic nitrogens is 1. The Balaban J connectivity index is 0.00000208. The molecule has 1 aromatic carbocycles. The van der Waals surface area contributed by atoms with E-state index in [-0.39, 0.29) is 18.3 Å². The quantitative estimate of drug-likeness (QED) is 0.891. The van der Waals surface area contributed by atoms with Gasteiger partial charge in [0.2, 0.25) is 5.89 Å². The number of likely N-dealkylation sites (tertiary alicyclic amines) is 1. The van der Waals surface area contributed by atoms with Crippen LogP contribution in [0.15, 0.2) is 34.9 Å². The average molecular weight is 353 g/mol. The van der Waals surface area contributed by atoms with Crippen LogP contribution >= 0.6 is 12.4 Å². The van der Waals surface area contributed by atoms with Crippen molar-refractivity contribution in [2.75, 3.05) is 20.2 Å². The molecule has 2 aromatic rings. The highest BCUT2D eigenvalue weighted by molar-refractivity contribution is 5.85. The lowest BCUT2D eigenvalue weighted by molar-refractivity contribution is -0.143. The largest absolute Gasteiger partial charge is 0.497 e. The molecule has 1 N–H and O–H groups in total. The van der Waals surface area contributed by atoms with E-state index in [1.54, 1.807) is 13.3 Å². The Morgan fingerprint density at radius 2 is 2.00 bits per heavy atom. The summed E-state index contributed by atoms with van der Waals surface area (Å²) < 4.78 is 11.0. The number of oxazole rings is 1. The number of aliphatic carboxylic acids is 1. The summed E-state index contributed by atoms with van der Waals surface area (Å²) in [6.45, 7) is 2.14. The Morgan fingerprint density at radius 3 is 2.58 bits per heavy atom. The van der Waals surface area contributed by atoms with Crippen LogP contribution in [0.4, 0.5) is 0 Å². The molecule has 130 valence electrons. The summed E-state index contributed by atoms with van der Waals surface area (Å²) in [6.07, 6.45) is 3.09. The van der Waals surface area contributed by atoms with Crippen LogP contribution in [0.5, 0.6) is 5.75 Å². The van der Waals surface area contributed by atoms with Crippen LogP contribution < -0.4 is 4.74 Å². The fourth-order valence-corrected chi connectivity index (χ4v) is 2.80. The van der Waals surface area contributed by atoms with Gasteiger partial charge in [0.15, 0.2) is 5.76 Å². The summed E-state index contributed by atoms with van der Waals surface area (Å²) in [6, 6.07) is 7.63. The molecule has 0 amide bonds. The summed E-state index contributed by atoms with van der Waals surface area (Å²) in [4.78, 5) is 17.5. The van der Waals surface area contributed by atoms with Gasteiger partial charge >= 0.3 is 5.97 Å². The lowest BCUT2D eigenvalue weighted by atomic mass is 9.97. The van der Waals surface area contributed by atoms with Gasteiger partial charge in [0, 0.05) is 5.56 Å². The SMILES string of the molecule is COc1ccc(-c2cnc(CN3CCC(C(=O)O)CC3)o2)cc1.Cl. The highest BCUT2D eigenvalue weighted by atomic mass is 35.5. The molecule has 0 unspecified atom stereocenters. The van der Waals surface area contributed by atoms with E-state index in [1.165, 1.54) is 0 Å². The van der Waals surface area contributed by atoms with Crippen molar-refractivity contribution in [2.24, 2.45) is 5.92 Å². The molecule has 1 saturated heterocycles. The molecule has 0 spiro atoms. The van der Waals surface area contributed by atoms with Crippen molar-refractivity contribution < 1.29 is 19.1 Å². The Bertz CT molecular complexity index is 663. The van der Waals surface area contributed by atoms with Crippen molar-refractivity contribution in [1.82, 2.24) is 9.88 Å². The number of hydrogen-bond acceptors (Lipinski definition) is 5. The zero-order valence-electron chi connectivity index (χ0n) is 13.5. The van der Waals surface area contributed by atoms with E-state index in [9.17, 15) is 4.79 Å². The smallest absolute Gasteiger partial charge is 0.306 e. The summed E-state index contributed by atoms with van der Waals surface area (Å²) in [5.74, 6) is 1.27. The molecule has 0 atom stereocenters. The molecule has 1 aromatic heterocycles. The van der Waals surface area contributed by atoms with E-state index in [4.69, 9.17) is 14.3 Å². The molecule has 0 saturated carbocycles. The number of piperidine rings is 1. The van der Waals surface area contributed by atoms with Gasteiger partial charge in [-0.2, -0.15) is 0 Å². The maximum atomic E-state index is 11.0. The van der Waals surface area contributed by atoms with Crippen molar-refractivity contribution in [3.05, 3.63) is 36.4 Å². The molecule has 7 heteroatoms. The van der Waals surface area contributed by atoms with Gasteiger partial charge in [-0.05, 0) is 50.2 Å². The second-order valence-corrected chi connectivity index (χ2v) is 5.74. The van der Waals surface area contributed by atoms with Gasteiger partial charge in [-0.3, -0.25) is 9.69 Å². The summed E-state index contributed by atoms with van der Waals surface area (Å²) >= 11 is 0. The van der Waals surface area contributed by atoms with Crippen LogP contribution in [0.3, 0.4) is 0 Å². The van der Waals surface area contributed by atoms with Crippen LogP contribution in [0.25, 0.3) is 11.3 Å². The number of hydrogen-bond donors (Lipinski definition) is 1. The number of nitrogens with zero attached hydrogens (tertiary/aromatic N) is 2. The maximum Gasteiger partial charge on any atom is 0.306 e. The first kappa shape index (κ1) is 18.3. The van der Waals surface area contributed by atoms with Gasteiger partial charge in [-0.1, -0.05) is 0 Å². The molecular weight excluding hydrogens is 332 g/mol. The maximum absolute atomic E-state index is 11.0. The average Bonchev–Trinajstić information content (AvgIpc) is 3.04. The highest BCUT2D eigenvalue weighted by Gasteiger charge is 2.25. The zero-order valence-corrected chi connectivity index (χ0v) is 14.3. The van der Waals surface area contributed by atoms with Crippen LogP contribution in [-0.2, 0) is 11.3 Å². The third kappa shape index (κ3) is 4.27. The zero-order chi connectivity index (χ0) is 16.2. The first-order valence-corrected chi connectivity index (χ1v) is 7.70. The topological polar surface area (TPSA) is 75.8 Å². The van der Waals surface area contributed by atoms with Gasteiger partial charge in [0.05, 0.1) is 25.8 Å². The van der Waals surface area contributed by atoms with Crippen LogP contribution in [-0.4, -0.2) is 41.2 Å². The molecule has 0 bridgehead atoms. The summed E-state index contributed by atoms with van der Waals surface area (Å²) in [5.41, 5.74) is 0.953. The third-order valence-corrected chi connectivity index (χ3v) is 4.22. The van der Waals surface area contributed by atoms with E-state index in [2.05, 4.69) is 9.88 Å². The lowest BCUT2D eigenvalue weighted by Crippen LogP contribution is -2.35. The molecule has 2 heterocycles. The van der Waals surface area contributed by atoms with Gasteiger partial charge < -0.3 is 14.3 Å². The predicted molar refractivity (Wildman–Crippen MR) is 91.4 cm³/mol. The normalized spacial score (nSPS) is 15.7. The number of halogens is 1. The Kier molecular flexibility index (Phi) is 6.23. The van der Waals surface area contributed by atoms with Gasteiger partial charge in [0.1, 0.15) is 5.75 Å². The van der Waals surface area contributed by atoms with Crippen molar-refractivity contribution in [3.63, 3.8) is 0 Å². The number of carbonyl (C=O) groups is 1. The molecule has 6 nitrogen and oxygen atoms in total. The van der Waals surface area contributed by atoms with E-state index >= 15 is 0 Å². The van der Waals surface area contributed by atoms with Crippen LogP contribution in [0, 0.1) is 5.92 Å². The van der Waals surface area contributed by atoms with Crippen molar-refractivity contribution >= 4 is 18.4 Å². The molecular formula is C17H21ClN2O4. The monoisotopic (exact) mass is 352 g/mol. The number of rotatable bonds is 5. The van der Waals surface area contributed by atoms with E-state index in [0.717, 1.165) is 30.2 Å². The number of carboxylic acids is 1. The first-order valence-electron chi connectivity index (χ1n) is 7.70. The Hall–Kier alpha value is -2.05. The minimum absolute atomic E-state index is 0. The first-order chi connectivity index (χ1) is 11.2. The minimum atomic E-state index is -0.692. The number of carboxylic acid groups (broad SMARTS) is 1. The number of benzene rings is 1. The molecule has 0 aliphatic carbocycles. The highest BCUT2D eigenvalue weighted by Crippen LogP contribution is 2.24. The number of methoxy groups -OCH3 is 1. The van der Waals surface area contributed by atoms with Crippen LogP contribution in [0.2, 0.25) is 0 Å². The van der Waals surface area contributed by atoms with Crippen molar-refractivity contribution in [3.8, 4) is 17.1 Å². The Morgan fingerprint density at radius 1 is 1.33 bits per heavy atom. The molecule has 1 fully saturated rings. The molecule has 1 aliphatic rings. The fraction of sp³-hybridized carbons (Fsp3) is 0.412. The van der Waals surface area contributed by atoms with Crippen molar-refractivity contribution in [2.45, 2.75) is 19.4 Å². The fourth-order valence-electron chi connectivity index (χ4n) is 2.80. The van der Waals surface area contributed by atoms with Gasteiger partial charge in [-0.25, -0.2) is 4.98 Å². The second kappa shape index (κ2) is 8.17. The summed E-state index contributed by atoms with van der Waals surface area (Å²) in [5, 5.41) is 9.02. The van der Waals surface area contributed by atoms with Crippen LogP contribution in [0.1, 0.15) is 18.7 Å². The van der Waals surface area contributed by atoms with Gasteiger partial charge in [-0.15, -0.1) is 12.4 Å². The molecule has 3 rings (SSSR count). The van der Waals surface area contributed by atoms with E-state index in [0.29, 0.717) is 25.3 Å².